The molecule has 0 fully saturated rings. The molecule has 0 aliphatic carbocycles. The van der Waals surface area contributed by atoms with E-state index in [4.69, 9.17) is 5.73 Å². The summed E-state index contributed by atoms with van der Waals surface area (Å²) in [4.78, 5) is 3.87. The minimum atomic E-state index is -2.88. The van der Waals surface area contributed by atoms with Gasteiger partial charge in [-0.2, -0.15) is 13.9 Å². The molecule has 0 saturated heterocycles. The van der Waals surface area contributed by atoms with Crippen molar-refractivity contribution in [1.82, 2.24) is 15.2 Å². The smallest absolute Gasteiger partial charge is 0.387 e. The van der Waals surface area contributed by atoms with Crippen molar-refractivity contribution in [2.75, 3.05) is 5.73 Å². The monoisotopic (exact) mass is 200 g/mol. The van der Waals surface area contributed by atoms with Crippen LogP contribution in [0, 0.1) is 0 Å². The Bertz CT molecular complexity index is 456. The van der Waals surface area contributed by atoms with E-state index >= 15 is 0 Å². The normalized spacial score (nSPS) is 11.1. The molecule has 0 atom stereocenters. The number of anilines is 1. The zero-order chi connectivity index (χ0) is 10.1. The second-order valence-corrected chi connectivity index (χ2v) is 2.52. The molecule has 14 heavy (non-hydrogen) atoms. The number of nitrogens with zero attached hydrogens (tertiary/aromatic N) is 2. The minimum absolute atomic E-state index is 0.0193. The number of aromatic nitrogens is 3. The third-order valence-corrected chi connectivity index (χ3v) is 1.66. The fourth-order valence-electron chi connectivity index (χ4n) is 1.11. The van der Waals surface area contributed by atoms with E-state index in [9.17, 15) is 8.78 Å². The van der Waals surface area contributed by atoms with Crippen molar-refractivity contribution in [2.24, 2.45) is 0 Å². The van der Waals surface area contributed by atoms with Gasteiger partial charge in [0.1, 0.15) is 11.0 Å². The first kappa shape index (κ1) is 8.67. The largest absolute Gasteiger partial charge is 0.432 e. The Hall–Kier alpha value is -1.92. The van der Waals surface area contributed by atoms with Crippen LogP contribution < -0.4 is 10.5 Å². The summed E-state index contributed by atoms with van der Waals surface area (Å²) in [6.07, 6.45) is 1.33. The van der Waals surface area contributed by atoms with Gasteiger partial charge in [0.25, 0.3) is 0 Å². The zero-order valence-corrected chi connectivity index (χ0v) is 6.87. The molecular formula is C7H6F2N4O. The number of nitrogen functional groups attached to an aromatic ring is 1. The van der Waals surface area contributed by atoms with Crippen molar-refractivity contribution >= 4 is 16.9 Å². The Morgan fingerprint density at radius 3 is 3.00 bits per heavy atom. The van der Waals surface area contributed by atoms with Crippen LogP contribution in [0.5, 0.6) is 5.75 Å². The van der Waals surface area contributed by atoms with Crippen molar-refractivity contribution < 1.29 is 13.5 Å². The van der Waals surface area contributed by atoms with Crippen LogP contribution in [0.4, 0.5) is 14.6 Å². The molecule has 2 aromatic heterocycles. The molecule has 3 N–H and O–H groups in total. The quantitative estimate of drug-likeness (QED) is 0.762. The highest BCUT2D eigenvalue weighted by Crippen LogP contribution is 2.25. The third kappa shape index (κ3) is 1.32. The van der Waals surface area contributed by atoms with E-state index in [-0.39, 0.29) is 17.1 Å². The molecule has 2 rings (SSSR count). The van der Waals surface area contributed by atoms with E-state index in [2.05, 4.69) is 19.9 Å². The Morgan fingerprint density at radius 1 is 1.50 bits per heavy atom. The van der Waals surface area contributed by atoms with Crippen molar-refractivity contribution in [3.8, 4) is 5.75 Å². The summed E-state index contributed by atoms with van der Waals surface area (Å²) in [6.45, 7) is -2.88. The third-order valence-electron chi connectivity index (χ3n) is 1.66. The molecule has 0 aromatic carbocycles. The van der Waals surface area contributed by atoms with Gasteiger partial charge < -0.3 is 10.5 Å². The lowest BCUT2D eigenvalue weighted by molar-refractivity contribution is -0.0489. The van der Waals surface area contributed by atoms with Crippen LogP contribution in [-0.4, -0.2) is 21.8 Å². The Kier molecular flexibility index (Phi) is 1.91. The number of pyridine rings is 1. The van der Waals surface area contributed by atoms with Gasteiger partial charge in [0.05, 0.1) is 0 Å². The number of hydrogen-bond acceptors (Lipinski definition) is 4. The summed E-state index contributed by atoms with van der Waals surface area (Å²) in [5.74, 6) is 0.133. The SMILES string of the molecule is Nc1n[nH]c2c(OC(F)F)ccnc12. The summed E-state index contributed by atoms with van der Waals surface area (Å²) >= 11 is 0. The fraction of sp³-hybridized carbons (Fsp3) is 0.143. The first-order valence-corrected chi connectivity index (χ1v) is 3.72. The van der Waals surface area contributed by atoms with Gasteiger partial charge in [-0.05, 0) is 0 Å². The van der Waals surface area contributed by atoms with Gasteiger partial charge in [-0.1, -0.05) is 0 Å². The van der Waals surface area contributed by atoms with E-state index in [1.807, 2.05) is 0 Å². The van der Waals surface area contributed by atoms with Crippen LogP contribution in [-0.2, 0) is 0 Å². The van der Waals surface area contributed by atoms with Gasteiger partial charge in [-0.3, -0.25) is 10.1 Å². The van der Waals surface area contributed by atoms with Gasteiger partial charge in [-0.25, -0.2) is 0 Å². The molecule has 0 radical (unpaired) electrons. The molecular weight excluding hydrogens is 194 g/mol. The number of fused-ring (bicyclic) bond motifs is 1. The van der Waals surface area contributed by atoms with E-state index in [0.29, 0.717) is 5.52 Å². The number of rotatable bonds is 2. The average Bonchev–Trinajstić information content (AvgIpc) is 2.49. The number of ether oxygens (including phenoxy) is 1. The van der Waals surface area contributed by atoms with Crippen LogP contribution in [0.1, 0.15) is 0 Å². The highest BCUT2D eigenvalue weighted by molar-refractivity contribution is 5.88. The second kappa shape index (κ2) is 3.09. The number of alkyl halides is 2. The predicted molar refractivity (Wildman–Crippen MR) is 44.9 cm³/mol. The summed E-state index contributed by atoms with van der Waals surface area (Å²) in [7, 11) is 0. The molecule has 0 amide bonds. The predicted octanol–water partition coefficient (Wildman–Crippen LogP) is 1.14. The highest BCUT2D eigenvalue weighted by Gasteiger charge is 2.12. The maximum atomic E-state index is 11.9. The van der Waals surface area contributed by atoms with E-state index in [1.165, 1.54) is 12.3 Å². The molecule has 7 heteroatoms. The molecule has 0 aliphatic heterocycles. The summed E-state index contributed by atoms with van der Waals surface area (Å²) in [5.41, 5.74) is 6.02. The number of H-pyrrole nitrogens is 1. The molecule has 5 nitrogen and oxygen atoms in total. The van der Waals surface area contributed by atoms with E-state index < -0.39 is 6.61 Å². The van der Waals surface area contributed by atoms with Crippen LogP contribution >= 0.6 is 0 Å². The van der Waals surface area contributed by atoms with Crippen LogP contribution in [0.2, 0.25) is 0 Å². The average molecular weight is 200 g/mol. The Morgan fingerprint density at radius 2 is 2.29 bits per heavy atom. The maximum Gasteiger partial charge on any atom is 0.387 e. The summed E-state index contributed by atoms with van der Waals surface area (Å²) in [6, 6.07) is 1.31. The highest BCUT2D eigenvalue weighted by atomic mass is 19.3. The zero-order valence-electron chi connectivity index (χ0n) is 6.87. The van der Waals surface area contributed by atoms with Crippen molar-refractivity contribution in [1.29, 1.82) is 0 Å². The van der Waals surface area contributed by atoms with Crippen molar-refractivity contribution in [3.63, 3.8) is 0 Å². The van der Waals surface area contributed by atoms with Crippen LogP contribution in [0.15, 0.2) is 12.3 Å². The standard InChI is InChI=1S/C7H6F2N4O/c8-7(9)14-3-1-2-11-5-4(3)12-13-6(5)10/h1-2,7H,(H3,10,12,13). The molecule has 0 aliphatic rings. The van der Waals surface area contributed by atoms with Gasteiger partial charge in [-0.15, -0.1) is 0 Å². The topological polar surface area (TPSA) is 76.8 Å². The molecule has 2 aromatic rings. The van der Waals surface area contributed by atoms with E-state index in [1.54, 1.807) is 0 Å². The summed E-state index contributed by atoms with van der Waals surface area (Å²) < 4.78 is 28.1. The molecule has 2 heterocycles. The van der Waals surface area contributed by atoms with Gasteiger partial charge in [0, 0.05) is 12.3 Å². The van der Waals surface area contributed by atoms with Crippen molar-refractivity contribution in [2.45, 2.75) is 6.61 Å². The lowest BCUT2D eigenvalue weighted by Gasteiger charge is -2.03. The molecule has 0 spiro atoms. The summed E-state index contributed by atoms with van der Waals surface area (Å²) in [5, 5.41) is 6.10. The van der Waals surface area contributed by atoms with Crippen LogP contribution in [0.25, 0.3) is 11.0 Å². The number of aromatic amines is 1. The first-order valence-electron chi connectivity index (χ1n) is 3.72. The lowest BCUT2D eigenvalue weighted by Crippen LogP contribution is -2.02. The lowest BCUT2D eigenvalue weighted by atomic mass is 10.3. The van der Waals surface area contributed by atoms with Gasteiger partial charge in [0.15, 0.2) is 11.6 Å². The van der Waals surface area contributed by atoms with Gasteiger partial charge >= 0.3 is 6.61 Å². The maximum absolute atomic E-state index is 11.9. The Balaban J connectivity index is 2.54. The van der Waals surface area contributed by atoms with Gasteiger partial charge in [0.2, 0.25) is 0 Å². The Labute approximate surface area is 76.9 Å². The second-order valence-electron chi connectivity index (χ2n) is 2.52. The number of nitrogens with two attached hydrogens (primary N) is 1. The number of hydrogen-bond donors (Lipinski definition) is 2. The molecule has 74 valence electrons. The molecule has 0 unspecified atom stereocenters. The fourth-order valence-corrected chi connectivity index (χ4v) is 1.11. The van der Waals surface area contributed by atoms with Crippen molar-refractivity contribution in [3.05, 3.63) is 12.3 Å². The number of nitrogens with one attached hydrogen (secondary N) is 1. The first-order chi connectivity index (χ1) is 6.68. The number of halogens is 2. The van der Waals surface area contributed by atoms with Crippen LogP contribution in [0.3, 0.4) is 0 Å². The molecule has 0 saturated carbocycles. The minimum Gasteiger partial charge on any atom is -0.432 e. The molecule has 0 bridgehead atoms. The van der Waals surface area contributed by atoms with E-state index in [0.717, 1.165) is 0 Å².